The minimum atomic E-state index is -1.51. The third kappa shape index (κ3) is 3.31. The quantitative estimate of drug-likeness (QED) is 0.463. The van der Waals surface area contributed by atoms with Crippen molar-refractivity contribution in [2.75, 3.05) is 0 Å². The minimum Gasteiger partial charge on any atom is -0.476 e. The van der Waals surface area contributed by atoms with Crippen LogP contribution in [-0.2, 0) is 4.79 Å². The number of carboxylic acid groups (broad SMARTS) is 1. The summed E-state index contributed by atoms with van der Waals surface area (Å²) in [6.07, 6.45) is 7.86. The highest BCUT2D eigenvalue weighted by Crippen LogP contribution is 2.41. The number of hydrogen-bond acceptors (Lipinski definition) is 1. The standard InChI is InChI=1S/C15H21FO2/c1-10-6-5-9-15(3,4)12(10)8-7-11(2)13(16)14(17)18/h6-8,12H,5,9H2,1-4H3,(H,17,18)/b8-7+,13-11+. The summed E-state index contributed by atoms with van der Waals surface area (Å²) >= 11 is 0. The zero-order chi connectivity index (χ0) is 13.9. The Bertz CT molecular complexity index is 428. The van der Waals surface area contributed by atoms with E-state index < -0.39 is 11.8 Å². The van der Waals surface area contributed by atoms with Crippen molar-refractivity contribution in [2.24, 2.45) is 11.3 Å². The van der Waals surface area contributed by atoms with Gasteiger partial charge in [-0.25, -0.2) is 4.79 Å². The monoisotopic (exact) mass is 252 g/mol. The van der Waals surface area contributed by atoms with Crippen LogP contribution in [0.25, 0.3) is 0 Å². The summed E-state index contributed by atoms with van der Waals surface area (Å²) in [5.41, 5.74) is 1.57. The van der Waals surface area contributed by atoms with E-state index in [0.29, 0.717) is 0 Å². The summed E-state index contributed by atoms with van der Waals surface area (Å²) in [5, 5.41) is 8.57. The Morgan fingerprint density at radius 2 is 2.17 bits per heavy atom. The van der Waals surface area contributed by atoms with Crippen LogP contribution in [0, 0.1) is 11.3 Å². The third-order valence-corrected chi connectivity index (χ3v) is 3.66. The lowest BCUT2D eigenvalue weighted by molar-refractivity contribution is -0.134. The Balaban J connectivity index is 2.96. The second kappa shape index (κ2) is 5.51. The number of aliphatic carboxylic acids is 1. The van der Waals surface area contributed by atoms with Gasteiger partial charge in [-0.3, -0.25) is 0 Å². The average molecular weight is 252 g/mol. The molecule has 3 heteroatoms. The molecule has 0 bridgehead atoms. The van der Waals surface area contributed by atoms with Crippen LogP contribution >= 0.6 is 0 Å². The number of rotatable bonds is 3. The molecule has 2 nitrogen and oxygen atoms in total. The van der Waals surface area contributed by atoms with Gasteiger partial charge in [0.05, 0.1) is 0 Å². The van der Waals surface area contributed by atoms with Crippen molar-refractivity contribution in [3.63, 3.8) is 0 Å². The van der Waals surface area contributed by atoms with Crippen molar-refractivity contribution >= 4 is 5.97 Å². The van der Waals surface area contributed by atoms with Gasteiger partial charge in [-0.05, 0) is 37.7 Å². The molecule has 0 aromatic carbocycles. The Labute approximate surface area is 108 Å². The van der Waals surface area contributed by atoms with Crippen LogP contribution < -0.4 is 0 Å². The first-order valence-corrected chi connectivity index (χ1v) is 6.20. The van der Waals surface area contributed by atoms with Crippen molar-refractivity contribution in [2.45, 2.75) is 40.5 Å². The molecule has 0 aromatic rings. The first kappa shape index (κ1) is 14.7. The lowest BCUT2D eigenvalue weighted by Crippen LogP contribution is -2.26. The molecule has 0 saturated carbocycles. The van der Waals surface area contributed by atoms with E-state index in [1.807, 2.05) is 6.08 Å². The van der Waals surface area contributed by atoms with Crippen molar-refractivity contribution in [1.82, 2.24) is 0 Å². The van der Waals surface area contributed by atoms with Crippen LogP contribution in [0.4, 0.5) is 4.39 Å². The van der Waals surface area contributed by atoms with Gasteiger partial charge in [0.15, 0.2) is 0 Å². The largest absolute Gasteiger partial charge is 0.476 e. The molecule has 0 saturated heterocycles. The Morgan fingerprint density at radius 3 is 2.67 bits per heavy atom. The molecule has 0 aromatic heterocycles. The van der Waals surface area contributed by atoms with E-state index in [0.717, 1.165) is 12.8 Å². The average Bonchev–Trinajstić information content (AvgIpc) is 2.25. The van der Waals surface area contributed by atoms with Crippen molar-refractivity contribution in [3.05, 3.63) is 35.2 Å². The Morgan fingerprint density at radius 1 is 1.56 bits per heavy atom. The molecule has 0 aliphatic heterocycles. The molecule has 0 amide bonds. The summed E-state index contributed by atoms with van der Waals surface area (Å²) in [6, 6.07) is 0. The fourth-order valence-electron chi connectivity index (χ4n) is 2.47. The zero-order valence-corrected chi connectivity index (χ0v) is 11.5. The molecule has 0 fully saturated rings. The highest BCUT2D eigenvalue weighted by molar-refractivity contribution is 5.85. The molecule has 1 N–H and O–H groups in total. The predicted molar refractivity (Wildman–Crippen MR) is 70.8 cm³/mol. The lowest BCUT2D eigenvalue weighted by Gasteiger charge is -2.36. The van der Waals surface area contributed by atoms with Gasteiger partial charge >= 0.3 is 5.97 Å². The van der Waals surface area contributed by atoms with Crippen LogP contribution in [0.1, 0.15) is 40.5 Å². The van der Waals surface area contributed by atoms with Crippen LogP contribution in [0.5, 0.6) is 0 Å². The normalized spacial score (nSPS) is 24.7. The predicted octanol–water partition coefficient (Wildman–Crippen LogP) is 4.25. The Hall–Kier alpha value is -1.38. The highest BCUT2D eigenvalue weighted by atomic mass is 19.1. The lowest BCUT2D eigenvalue weighted by atomic mass is 9.68. The number of allylic oxidation sites excluding steroid dienone is 5. The summed E-state index contributed by atoms with van der Waals surface area (Å²) in [5.74, 6) is -2.35. The fraction of sp³-hybridized carbons (Fsp3) is 0.533. The molecular formula is C15H21FO2. The first-order valence-electron chi connectivity index (χ1n) is 6.20. The summed E-state index contributed by atoms with van der Waals surface area (Å²) in [7, 11) is 0. The van der Waals surface area contributed by atoms with Gasteiger partial charge in [0.1, 0.15) is 0 Å². The van der Waals surface area contributed by atoms with Gasteiger partial charge in [-0.2, -0.15) is 4.39 Å². The maximum absolute atomic E-state index is 13.2. The Kier molecular flexibility index (Phi) is 4.49. The summed E-state index contributed by atoms with van der Waals surface area (Å²) in [6.45, 7) is 7.92. The molecule has 1 unspecified atom stereocenters. The van der Waals surface area contributed by atoms with Gasteiger partial charge in [0, 0.05) is 5.92 Å². The van der Waals surface area contributed by atoms with Crippen molar-refractivity contribution in [1.29, 1.82) is 0 Å². The first-order chi connectivity index (χ1) is 8.25. The molecule has 1 atom stereocenters. The molecule has 0 spiro atoms. The molecule has 100 valence electrons. The maximum atomic E-state index is 13.2. The number of carboxylic acids is 1. The van der Waals surface area contributed by atoms with Crippen LogP contribution in [0.2, 0.25) is 0 Å². The number of halogens is 1. The molecule has 0 heterocycles. The minimum absolute atomic E-state index is 0.134. The van der Waals surface area contributed by atoms with Gasteiger partial charge in [0.2, 0.25) is 5.83 Å². The van der Waals surface area contributed by atoms with Crippen LogP contribution in [0.3, 0.4) is 0 Å². The molecule has 0 radical (unpaired) electrons. The van der Waals surface area contributed by atoms with E-state index in [1.165, 1.54) is 12.5 Å². The van der Waals surface area contributed by atoms with Crippen LogP contribution in [0.15, 0.2) is 35.2 Å². The van der Waals surface area contributed by atoms with Crippen molar-refractivity contribution in [3.8, 4) is 0 Å². The molecular weight excluding hydrogens is 231 g/mol. The summed E-state index contributed by atoms with van der Waals surface area (Å²) in [4.78, 5) is 10.5. The summed E-state index contributed by atoms with van der Waals surface area (Å²) < 4.78 is 13.2. The smallest absolute Gasteiger partial charge is 0.365 e. The SMILES string of the molecule is CC1=CCCC(C)(C)C1/C=C/C(C)=C(/F)C(=O)O. The fourth-order valence-corrected chi connectivity index (χ4v) is 2.47. The van der Waals surface area contributed by atoms with Gasteiger partial charge < -0.3 is 5.11 Å². The van der Waals surface area contributed by atoms with E-state index >= 15 is 0 Å². The highest BCUT2D eigenvalue weighted by Gasteiger charge is 2.30. The van der Waals surface area contributed by atoms with E-state index in [9.17, 15) is 9.18 Å². The second-order valence-electron chi connectivity index (χ2n) is 5.61. The van der Waals surface area contributed by atoms with Gasteiger partial charge in [-0.15, -0.1) is 0 Å². The second-order valence-corrected chi connectivity index (χ2v) is 5.61. The molecule has 1 rings (SSSR count). The van der Waals surface area contributed by atoms with Gasteiger partial charge in [-0.1, -0.05) is 37.6 Å². The van der Waals surface area contributed by atoms with Crippen LogP contribution in [-0.4, -0.2) is 11.1 Å². The van der Waals surface area contributed by atoms with E-state index in [4.69, 9.17) is 5.11 Å². The van der Waals surface area contributed by atoms with Gasteiger partial charge in [0.25, 0.3) is 0 Å². The third-order valence-electron chi connectivity index (χ3n) is 3.66. The zero-order valence-electron chi connectivity index (χ0n) is 11.5. The van der Waals surface area contributed by atoms with Crippen molar-refractivity contribution < 1.29 is 14.3 Å². The number of hydrogen-bond donors (Lipinski definition) is 1. The van der Waals surface area contributed by atoms with E-state index in [-0.39, 0.29) is 16.9 Å². The number of carbonyl (C=O) groups is 1. The topological polar surface area (TPSA) is 37.3 Å². The van der Waals surface area contributed by atoms with E-state index in [2.05, 4.69) is 26.8 Å². The molecule has 1 aliphatic carbocycles. The molecule has 18 heavy (non-hydrogen) atoms. The van der Waals surface area contributed by atoms with E-state index in [1.54, 1.807) is 6.08 Å². The molecule has 1 aliphatic rings. The maximum Gasteiger partial charge on any atom is 0.365 e.